The Hall–Kier alpha value is -2.35. The van der Waals surface area contributed by atoms with E-state index in [1.54, 1.807) is 37.3 Å². The van der Waals surface area contributed by atoms with E-state index in [0.717, 1.165) is 5.69 Å². The molecule has 2 heterocycles. The summed E-state index contributed by atoms with van der Waals surface area (Å²) >= 11 is 0. The molecule has 0 atom stereocenters. The highest BCUT2D eigenvalue weighted by atomic mass is 32.2. The molecule has 1 aliphatic rings. The van der Waals surface area contributed by atoms with Crippen molar-refractivity contribution in [3.8, 4) is 0 Å². The van der Waals surface area contributed by atoms with E-state index in [-0.39, 0.29) is 19.0 Å². The van der Waals surface area contributed by atoms with E-state index in [1.165, 1.54) is 4.90 Å². The van der Waals surface area contributed by atoms with Crippen LogP contribution in [0.25, 0.3) is 0 Å². The van der Waals surface area contributed by atoms with E-state index < -0.39 is 15.3 Å². The Morgan fingerprint density at radius 2 is 2.00 bits per heavy atom. The molecule has 1 aliphatic heterocycles. The van der Waals surface area contributed by atoms with Gasteiger partial charge in [-0.2, -0.15) is 5.10 Å². The number of likely N-dealkylation sites (tertiary alicyclic amines) is 1. The number of hydrogen-bond acceptors (Lipinski definition) is 4. The molecule has 0 spiro atoms. The summed E-state index contributed by atoms with van der Waals surface area (Å²) in [4.78, 5) is 13.6. The van der Waals surface area contributed by atoms with Crippen molar-refractivity contribution in [1.82, 2.24) is 15.1 Å². The topological polar surface area (TPSA) is 95.2 Å². The monoisotopic (exact) mass is 320 g/mol. The molecule has 116 valence electrons. The lowest BCUT2D eigenvalue weighted by molar-refractivity contribution is 0.0653. The van der Waals surface area contributed by atoms with Crippen LogP contribution in [0.4, 0.5) is 5.69 Å². The number of carbonyl (C=O) groups is 1. The minimum absolute atomic E-state index is 0.174. The maximum atomic E-state index is 12.2. The number of aryl methyl sites for hydroxylation is 1. The fraction of sp³-hybridized carbons (Fsp3) is 0.286. The maximum absolute atomic E-state index is 12.2. The molecule has 1 aromatic carbocycles. The van der Waals surface area contributed by atoms with E-state index in [4.69, 9.17) is 0 Å². The highest BCUT2D eigenvalue weighted by molar-refractivity contribution is 7.93. The molecule has 0 bridgehead atoms. The summed E-state index contributed by atoms with van der Waals surface area (Å²) in [6.07, 6.45) is 0. The van der Waals surface area contributed by atoms with Crippen molar-refractivity contribution in [3.05, 3.63) is 47.8 Å². The van der Waals surface area contributed by atoms with E-state index in [0.29, 0.717) is 11.4 Å². The molecule has 1 aromatic heterocycles. The molecule has 3 rings (SSSR count). The summed E-state index contributed by atoms with van der Waals surface area (Å²) in [5, 5.41) is 5.99. The molecule has 2 N–H and O–H groups in total. The van der Waals surface area contributed by atoms with Crippen molar-refractivity contribution in [2.24, 2.45) is 0 Å². The molecule has 2 aromatic rings. The third kappa shape index (κ3) is 2.82. The van der Waals surface area contributed by atoms with Crippen LogP contribution in [-0.4, -0.2) is 47.8 Å². The molecule has 0 radical (unpaired) electrons. The number of sulfonamides is 1. The summed E-state index contributed by atoms with van der Waals surface area (Å²) in [6.45, 7) is 2.15. The maximum Gasteiger partial charge on any atom is 0.274 e. The molecule has 0 unspecified atom stereocenters. The van der Waals surface area contributed by atoms with Gasteiger partial charge in [0, 0.05) is 24.5 Å². The van der Waals surface area contributed by atoms with Crippen LogP contribution in [-0.2, 0) is 10.0 Å². The standard InChI is InChI=1S/C14H16N4O3S/c1-10-7-13(16-15-10)14(19)18-8-12(9-18)22(20,21)17-11-5-3-2-4-6-11/h2-7,12,17H,8-9H2,1H3,(H,15,16). The smallest absolute Gasteiger partial charge is 0.274 e. The van der Waals surface area contributed by atoms with Gasteiger partial charge in [0.25, 0.3) is 5.91 Å². The average Bonchev–Trinajstić information content (AvgIpc) is 2.84. The van der Waals surface area contributed by atoms with Gasteiger partial charge in [-0.15, -0.1) is 0 Å². The van der Waals surface area contributed by atoms with E-state index in [2.05, 4.69) is 14.9 Å². The molecule has 0 saturated carbocycles. The van der Waals surface area contributed by atoms with Crippen LogP contribution < -0.4 is 4.72 Å². The summed E-state index contributed by atoms with van der Waals surface area (Å²) in [5.41, 5.74) is 1.62. The quantitative estimate of drug-likeness (QED) is 0.878. The fourth-order valence-electron chi connectivity index (χ4n) is 2.24. The van der Waals surface area contributed by atoms with Crippen LogP contribution in [0.15, 0.2) is 36.4 Å². The Bertz CT molecular complexity index is 779. The first-order chi connectivity index (χ1) is 10.5. The van der Waals surface area contributed by atoms with Crippen LogP contribution in [0, 0.1) is 6.92 Å². The number of anilines is 1. The number of aromatic amines is 1. The first-order valence-corrected chi connectivity index (χ1v) is 8.38. The van der Waals surface area contributed by atoms with Crippen LogP contribution in [0.2, 0.25) is 0 Å². The van der Waals surface area contributed by atoms with Gasteiger partial charge in [0.1, 0.15) is 10.9 Å². The van der Waals surface area contributed by atoms with Crippen LogP contribution in [0.1, 0.15) is 16.2 Å². The van der Waals surface area contributed by atoms with Gasteiger partial charge in [-0.1, -0.05) is 18.2 Å². The van der Waals surface area contributed by atoms with Crippen molar-refractivity contribution in [2.75, 3.05) is 17.8 Å². The van der Waals surface area contributed by atoms with Crippen LogP contribution in [0.3, 0.4) is 0 Å². The zero-order chi connectivity index (χ0) is 15.7. The fourth-order valence-corrected chi connectivity index (χ4v) is 3.63. The minimum Gasteiger partial charge on any atom is -0.334 e. The molecule has 1 saturated heterocycles. The summed E-state index contributed by atoms with van der Waals surface area (Å²) in [7, 11) is -3.49. The number of aromatic nitrogens is 2. The van der Waals surface area contributed by atoms with Gasteiger partial charge in [-0.05, 0) is 25.1 Å². The SMILES string of the molecule is Cc1cc(C(=O)N2CC(S(=O)(=O)Nc3ccccc3)C2)n[nH]1. The number of H-pyrrole nitrogens is 1. The molecule has 8 heteroatoms. The Morgan fingerprint density at radius 1 is 1.32 bits per heavy atom. The minimum atomic E-state index is -3.49. The van der Waals surface area contributed by atoms with Crippen molar-refractivity contribution in [3.63, 3.8) is 0 Å². The second kappa shape index (κ2) is 5.45. The molecular formula is C14H16N4O3S. The highest BCUT2D eigenvalue weighted by Gasteiger charge is 2.40. The number of carbonyl (C=O) groups excluding carboxylic acids is 1. The van der Waals surface area contributed by atoms with Gasteiger partial charge in [-0.3, -0.25) is 14.6 Å². The first kappa shape index (κ1) is 14.6. The number of amides is 1. The van der Waals surface area contributed by atoms with Gasteiger partial charge in [0.05, 0.1) is 0 Å². The lowest BCUT2D eigenvalue weighted by Gasteiger charge is -2.38. The van der Waals surface area contributed by atoms with Crippen LogP contribution in [0.5, 0.6) is 0 Å². The number of nitrogens with one attached hydrogen (secondary N) is 2. The number of rotatable bonds is 4. The summed E-state index contributed by atoms with van der Waals surface area (Å²) in [5.74, 6) is -0.254. The van der Waals surface area contributed by atoms with Gasteiger partial charge in [-0.25, -0.2) is 8.42 Å². The molecule has 7 nitrogen and oxygen atoms in total. The Morgan fingerprint density at radius 3 is 2.59 bits per heavy atom. The second-order valence-corrected chi connectivity index (χ2v) is 7.24. The second-order valence-electron chi connectivity index (χ2n) is 5.28. The highest BCUT2D eigenvalue weighted by Crippen LogP contribution is 2.21. The zero-order valence-corrected chi connectivity index (χ0v) is 12.8. The third-order valence-electron chi connectivity index (χ3n) is 3.53. The molecule has 0 aliphatic carbocycles. The van der Waals surface area contributed by atoms with Gasteiger partial charge >= 0.3 is 0 Å². The lowest BCUT2D eigenvalue weighted by atomic mass is 10.2. The molecule has 1 amide bonds. The third-order valence-corrected chi connectivity index (χ3v) is 5.23. The number of hydrogen-bond donors (Lipinski definition) is 2. The average molecular weight is 320 g/mol. The largest absolute Gasteiger partial charge is 0.334 e. The number of nitrogens with zero attached hydrogens (tertiary/aromatic N) is 2. The van der Waals surface area contributed by atoms with Crippen molar-refractivity contribution >= 4 is 21.6 Å². The van der Waals surface area contributed by atoms with Gasteiger partial charge in [0.15, 0.2) is 0 Å². The Labute approximate surface area is 128 Å². The van der Waals surface area contributed by atoms with Crippen molar-refractivity contribution in [1.29, 1.82) is 0 Å². The predicted octanol–water partition coefficient (Wildman–Crippen LogP) is 0.984. The molecule has 1 fully saturated rings. The predicted molar refractivity (Wildman–Crippen MR) is 82.0 cm³/mol. The lowest BCUT2D eigenvalue weighted by Crippen LogP contribution is -2.58. The molecule has 22 heavy (non-hydrogen) atoms. The first-order valence-electron chi connectivity index (χ1n) is 6.84. The van der Waals surface area contributed by atoms with Crippen LogP contribution >= 0.6 is 0 Å². The number of para-hydroxylation sites is 1. The Kier molecular flexibility index (Phi) is 3.61. The summed E-state index contributed by atoms with van der Waals surface area (Å²) < 4.78 is 27.0. The van der Waals surface area contributed by atoms with Gasteiger partial charge < -0.3 is 4.90 Å². The van der Waals surface area contributed by atoms with Crippen molar-refractivity contribution in [2.45, 2.75) is 12.2 Å². The van der Waals surface area contributed by atoms with E-state index in [9.17, 15) is 13.2 Å². The Balaban J connectivity index is 1.61. The number of benzene rings is 1. The van der Waals surface area contributed by atoms with E-state index in [1.807, 2.05) is 6.07 Å². The normalized spacial score (nSPS) is 15.4. The summed E-state index contributed by atoms with van der Waals surface area (Å²) in [6, 6.07) is 10.3. The van der Waals surface area contributed by atoms with Crippen molar-refractivity contribution < 1.29 is 13.2 Å². The van der Waals surface area contributed by atoms with E-state index >= 15 is 0 Å². The molecular weight excluding hydrogens is 304 g/mol. The zero-order valence-electron chi connectivity index (χ0n) is 12.0. The van der Waals surface area contributed by atoms with Gasteiger partial charge in [0.2, 0.25) is 10.0 Å².